The molecule has 5 heteroatoms. The van der Waals surface area contributed by atoms with Crippen LogP contribution in [0.15, 0.2) is 18.2 Å². The number of hydrogen-bond acceptors (Lipinski definition) is 4. The number of benzene rings is 1. The number of aryl methyl sites for hydroxylation is 2. The summed E-state index contributed by atoms with van der Waals surface area (Å²) in [6.07, 6.45) is 3.29. The zero-order chi connectivity index (χ0) is 13.4. The Morgan fingerprint density at radius 2 is 2.26 bits per heavy atom. The van der Waals surface area contributed by atoms with Gasteiger partial charge in [0.05, 0.1) is 5.69 Å². The van der Waals surface area contributed by atoms with Gasteiger partial charge in [0.1, 0.15) is 0 Å². The lowest BCUT2D eigenvalue weighted by Crippen LogP contribution is -2.14. The topological polar surface area (TPSA) is 68.0 Å². The molecule has 0 bridgehead atoms. The number of carbonyl (C=O) groups excluding carboxylic acids is 1. The number of nitrogen functional groups attached to an aromatic ring is 1. The molecule has 0 aliphatic heterocycles. The van der Waals surface area contributed by atoms with Gasteiger partial charge in [0.15, 0.2) is 5.13 Å². The number of aromatic nitrogens is 1. The standard InChI is InChI=1S/C14H15N3OS/c1-8-9(4-2-5-10(8)15)13(18)17-14-16-11-6-3-7-12(11)19-14/h2,4-5H,3,6-7,15H2,1H3,(H,16,17,18). The summed E-state index contributed by atoms with van der Waals surface area (Å²) < 4.78 is 0. The first-order valence-electron chi connectivity index (χ1n) is 6.30. The van der Waals surface area contributed by atoms with Crippen LogP contribution in [0.1, 0.15) is 32.9 Å². The lowest BCUT2D eigenvalue weighted by molar-refractivity contribution is 0.102. The van der Waals surface area contributed by atoms with Crippen molar-refractivity contribution in [2.75, 3.05) is 11.1 Å². The van der Waals surface area contributed by atoms with Gasteiger partial charge in [0.25, 0.3) is 5.91 Å². The number of nitrogens with two attached hydrogens (primary N) is 1. The second-order valence-corrected chi connectivity index (χ2v) is 5.80. The van der Waals surface area contributed by atoms with E-state index < -0.39 is 0 Å². The molecule has 1 amide bonds. The summed E-state index contributed by atoms with van der Waals surface area (Å²) in [5.74, 6) is -0.141. The molecule has 98 valence electrons. The molecular formula is C14H15N3OS. The number of nitrogens with zero attached hydrogens (tertiary/aromatic N) is 1. The second-order valence-electron chi connectivity index (χ2n) is 4.72. The van der Waals surface area contributed by atoms with Gasteiger partial charge in [-0.15, -0.1) is 11.3 Å². The van der Waals surface area contributed by atoms with Gasteiger partial charge < -0.3 is 5.73 Å². The predicted octanol–water partition coefficient (Wildman–Crippen LogP) is 2.77. The van der Waals surface area contributed by atoms with Crippen LogP contribution in [-0.2, 0) is 12.8 Å². The fourth-order valence-electron chi connectivity index (χ4n) is 2.31. The monoisotopic (exact) mass is 273 g/mol. The number of fused-ring (bicyclic) bond motifs is 1. The molecule has 4 nitrogen and oxygen atoms in total. The minimum absolute atomic E-state index is 0.141. The number of anilines is 2. The highest BCUT2D eigenvalue weighted by Gasteiger charge is 2.18. The van der Waals surface area contributed by atoms with Gasteiger partial charge in [-0.25, -0.2) is 4.98 Å². The predicted molar refractivity (Wildman–Crippen MR) is 77.7 cm³/mol. The highest BCUT2D eigenvalue weighted by molar-refractivity contribution is 7.16. The number of carbonyl (C=O) groups is 1. The first kappa shape index (κ1) is 12.2. The van der Waals surface area contributed by atoms with E-state index >= 15 is 0 Å². The van der Waals surface area contributed by atoms with E-state index in [1.54, 1.807) is 29.5 Å². The van der Waals surface area contributed by atoms with Gasteiger partial charge in [-0.1, -0.05) is 6.07 Å². The molecule has 1 heterocycles. The van der Waals surface area contributed by atoms with Gasteiger partial charge in [-0.2, -0.15) is 0 Å². The van der Waals surface area contributed by atoms with Crippen molar-refractivity contribution < 1.29 is 4.79 Å². The van der Waals surface area contributed by atoms with Crippen LogP contribution in [0.5, 0.6) is 0 Å². The number of nitrogens with one attached hydrogen (secondary N) is 1. The van der Waals surface area contributed by atoms with Crippen molar-refractivity contribution in [1.29, 1.82) is 0 Å². The molecule has 0 saturated heterocycles. The van der Waals surface area contributed by atoms with E-state index in [1.807, 2.05) is 6.92 Å². The average Bonchev–Trinajstić information content (AvgIpc) is 2.93. The van der Waals surface area contributed by atoms with Gasteiger partial charge >= 0.3 is 0 Å². The Bertz CT molecular complexity index is 627. The van der Waals surface area contributed by atoms with E-state index in [1.165, 1.54) is 11.3 Å². The average molecular weight is 273 g/mol. The van der Waals surface area contributed by atoms with E-state index in [0.29, 0.717) is 16.4 Å². The van der Waals surface area contributed by atoms with Crippen LogP contribution in [0.4, 0.5) is 10.8 Å². The van der Waals surface area contributed by atoms with Crippen molar-refractivity contribution in [2.24, 2.45) is 0 Å². The highest BCUT2D eigenvalue weighted by atomic mass is 32.1. The fourth-order valence-corrected chi connectivity index (χ4v) is 3.35. The summed E-state index contributed by atoms with van der Waals surface area (Å²) in [4.78, 5) is 18.0. The van der Waals surface area contributed by atoms with Gasteiger partial charge in [-0.3, -0.25) is 10.1 Å². The van der Waals surface area contributed by atoms with Crippen LogP contribution in [0.2, 0.25) is 0 Å². The first-order valence-corrected chi connectivity index (χ1v) is 7.12. The third-order valence-corrected chi connectivity index (χ3v) is 4.51. The fraction of sp³-hybridized carbons (Fsp3) is 0.286. The Balaban J connectivity index is 1.82. The molecule has 1 aromatic heterocycles. The maximum Gasteiger partial charge on any atom is 0.257 e. The Morgan fingerprint density at radius 1 is 1.42 bits per heavy atom. The zero-order valence-corrected chi connectivity index (χ0v) is 11.5. The second kappa shape index (κ2) is 4.66. The number of thiazole rings is 1. The van der Waals surface area contributed by atoms with E-state index in [2.05, 4.69) is 10.3 Å². The Morgan fingerprint density at radius 3 is 3.05 bits per heavy atom. The van der Waals surface area contributed by atoms with Crippen LogP contribution in [0.3, 0.4) is 0 Å². The maximum absolute atomic E-state index is 12.2. The van der Waals surface area contributed by atoms with Crippen molar-refractivity contribution in [2.45, 2.75) is 26.2 Å². The minimum atomic E-state index is -0.141. The lowest BCUT2D eigenvalue weighted by atomic mass is 10.1. The van der Waals surface area contributed by atoms with E-state index in [-0.39, 0.29) is 5.91 Å². The largest absolute Gasteiger partial charge is 0.398 e. The Labute approximate surface area is 115 Å². The summed E-state index contributed by atoms with van der Waals surface area (Å²) in [5.41, 5.74) is 9.01. The molecule has 0 fully saturated rings. The molecule has 1 aliphatic carbocycles. The quantitative estimate of drug-likeness (QED) is 0.827. The maximum atomic E-state index is 12.2. The zero-order valence-electron chi connectivity index (χ0n) is 10.7. The normalized spacial score (nSPS) is 13.3. The number of amides is 1. The van der Waals surface area contributed by atoms with Crippen molar-refractivity contribution in [1.82, 2.24) is 4.98 Å². The van der Waals surface area contributed by atoms with Crippen LogP contribution in [0, 0.1) is 6.92 Å². The Kier molecular flexibility index (Phi) is 2.98. The summed E-state index contributed by atoms with van der Waals surface area (Å²) in [7, 11) is 0. The van der Waals surface area contributed by atoms with E-state index in [0.717, 1.165) is 24.1 Å². The smallest absolute Gasteiger partial charge is 0.257 e. The van der Waals surface area contributed by atoms with Crippen molar-refractivity contribution in [3.63, 3.8) is 0 Å². The van der Waals surface area contributed by atoms with Gasteiger partial charge in [-0.05, 0) is 43.9 Å². The van der Waals surface area contributed by atoms with Crippen molar-refractivity contribution in [3.8, 4) is 0 Å². The molecule has 0 saturated carbocycles. The van der Waals surface area contributed by atoms with Gasteiger partial charge in [0, 0.05) is 16.1 Å². The summed E-state index contributed by atoms with van der Waals surface area (Å²) in [6.45, 7) is 1.85. The van der Waals surface area contributed by atoms with Crippen molar-refractivity contribution >= 4 is 28.1 Å². The van der Waals surface area contributed by atoms with Crippen molar-refractivity contribution in [3.05, 3.63) is 39.9 Å². The molecule has 19 heavy (non-hydrogen) atoms. The number of rotatable bonds is 2. The molecule has 1 aromatic carbocycles. The molecule has 3 rings (SSSR count). The molecule has 0 unspecified atom stereocenters. The molecular weight excluding hydrogens is 258 g/mol. The van der Waals surface area contributed by atoms with Gasteiger partial charge in [0.2, 0.25) is 0 Å². The first-order chi connectivity index (χ1) is 9.15. The van der Waals surface area contributed by atoms with Crippen LogP contribution >= 0.6 is 11.3 Å². The van der Waals surface area contributed by atoms with Crippen LogP contribution < -0.4 is 11.1 Å². The third kappa shape index (κ3) is 2.21. The highest BCUT2D eigenvalue weighted by Crippen LogP contribution is 2.30. The summed E-state index contributed by atoms with van der Waals surface area (Å²) in [5, 5.41) is 3.56. The summed E-state index contributed by atoms with van der Waals surface area (Å²) in [6, 6.07) is 5.37. The van der Waals surface area contributed by atoms with E-state index in [9.17, 15) is 4.79 Å². The molecule has 0 spiro atoms. The third-order valence-electron chi connectivity index (χ3n) is 3.44. The molecule has 1 aliphatic rings. The van der Waals surface area contributed by atoms with E-state index in [4.69, 9.17) is 5.73 Å². The van der Waals surface area contributed by atoms with Crippen LogP contribution in [-0.4, -0.2) is 10.9 Å². The molecule has 0 atom stereocenters. The number of hydrogen-bond donors (Lipinski definition) is 2. The lowest BCUT2D eigenvalue weighted by Gasteiger charge is -2.07. The molecule has 0 radical (unpaired) electrons. The molecule has 3 N–H and O–H groups in total. The van der Waals surface area contributed by atoms with Crippen LogP contribution in [0.25, 0.3) is 0 Å². The SMILES string of the molecule is Cc1c(N)cccc1C(=O)Nc1nc2c(s1)CCC2. The summed E-state index contributed by atoms with van der Waals surface area (Å²) >= 11 is 1.58. The minimum Gasteiger partial charge on any atom is -0.398 e. The Hall–Kier alpha value is -1.88. The molecule has 2 aromatic rings.